The standard InChI is InChI=1S/C19H15ClF3N3O2.2C2H6/c1-10-12-8-7-11(17(27)25(2)3)9-15(12)26(24-10)18(28)16-13(19(21,22)23)5-4-6-14(16)20;2*1-2/h4-9H,1-3H3;2*1-2H3. The Kier molecular flexibility index (Phi) is 9.45. The topological polar surface area (TPSA) is 55.2 Å². The summed E-state index contributed by atoms with van der Waals surface area (Å²) >= 11 is 5.94. The highest BCUT2D eigenvalue weighted by Gasteiger charge is 2.37. The van der Waals surface area contributed by atoms with Crippen molar-refractivity contribution in [3.63, 3.8) is 0 Å². The Morgan fingerprint density at radius 3 is 2.16 bits per heavy atom. The quantitative estimate of drug-likeness (QED) is 0.432. The Hall–Kier alpha value is -2.87. The molecule has 0 fully saturated rings. The van der Waals surface area contributed by atoms with Crippen LogP contribution in [-0.2, 0) is 6.18 Å². The molecule has 5 nitrogen and oxygen atoms in total. The van der Waals surface area contributed by atoms with Gasteiger partial charge in [-0.2, -0.15) is 23.0 Å². The molecule has 0 aliphatic carbocycles. The van der Waals surface area contributed by atoms with Gasteiger partial charge in [-0.1, -0.05) is 51.4 Å². The summed E-state index contributed by atoms with van der Waals surface area (Å²) in [5.74, 6) is -1.33. The fourth-order valence-corrected chi connectivity index (χ4v) is 3.16. The lowest BCUT2D eigenvalue weighted by molar-refractivity contribution is -0.137. The van der Waals surface area contributed by atoms with Crippen LogP contribution < -0.4 is 0 Å². The number of carbonyl (C=O) groups excluding carboxylic acids is 2. The Morgan fingerprint density at radius 1 is 1.03 bits per heavy atom. The molecule has 9 heteroatoms. The van der Waals surface area contributed by atoms with E-state index >= 15 is 0 Å². The maximum Gasteiger partial charge on any atom is 0.417 e. The Bertz CT molecular complexity index is 1110. The van der Waals surface area contributed by atoms with E-state index in [9.17, 15) is 22.8 Å². The summed E-state index contributed by atoms with van der Waals surface area (Å²) in [6.45, 7) is 9.62. The molecule has 0 saturated heterocycles. The summed E-state index contributed by atoms with van der Waals surface area (Å²) in [6.07, 6.45) is -4.76. The van der Waals surface area contributed by atoms with Gasteiger partial charge in [0.2, 0.25) is 0 Å². The molecule has 0 bridgehead atoms. The van der Waals surface area contributed by atoms with Crippen LogP contribution in [0.3, 0.4) is 0 Å². The second-order valence-electron chi connectivity index (χ2n) is 6.39. The van der Waals surface area contributed by atoms with Crippen molar-refractivity contribution in [3.05, 3.63) is 63.8 Å². The van der Waals surface area contributed by atoms with E-state index in [1.165, 1.54) is 17.0 Å². The van der Waals surface area contributed by atoms with Crippen LogP contribution in [0.5, 0.6) is 0 Å². The SMILES string of the molecule is CC.CC.Cc1nn(C(=O)c2c(Cl)cccc2C(F)(F)F)c2cc(C(=O)N(C)C)ccc12. The molecule has 1 amide bonds. The number of halogens is 4. The molecule has 174 valence electrons. The van der Waals surface area contributed by atoms with Crippen molar-refractivity contribution in [2.45, 2.75) is 40.8 Å². The minimum absolute atomic E-state index is 0.225. The van der Waals surface area contributed by atoms with Crippen molar-refractivity contribution in [1.29, 1.82) is 0 Å². The lowest BCUT2D eigenvalue weighted by atomic mass is 10.1. The van der Waals surface area contributed by atoms with Crippen molar-refractivity contribution in [3.8, 4) is 0 Å². The number of benzene rings is 2. The molecule has 3 aromatic rings. The molecule has 2 aromatic carbocycles. The minimum Gasteiger partial charge on any atom is -0.345 e. The molecular weight excluding hydrogens is 443 g/mol. The number of aromatic nitrogens is 2. The Morgan fingerprint density at radius 2 is 1.62 bits per heavy atom. The number of amides is 1. The zero-order valence-corrected chi connectivity index (χ0v) is 19.9. The molecule has 3 rings (SSSR count). The highest BCUT2D eigenvalue weighted by molar-refractivity contribution is 6.34. The van der Waals surface area contributed by atoms with Crippen molar-refractivity contribution < 1.29 is 22.8 Å². The first-order valence-corrected chi connectivity index (χ1v) is 10.5. The molecular formula is C23H27ClF3N3O2. The first-order chi connectivity index (χ1) is 15.0. The lowest BCUT2D eigenvalue weighted by Gasteiger charge is -2.14. The molecule has 0 saturated carbocycles. The fourth-order valence-electron chi connectivity index (χ4n) is 2.90. The third-order valence-electron chi connectivity index (χ3n) is 4.24. The van der Waals surface area contributed by atoms with Crippen LogP contribution in [0.25, 0.3) is 10.9 Å². The van der Waals surface area contributed by atoms with Gasteiger partial charge in [0.25, 0.3) is 11.8 Å². The molecule has 0 spiro atoms. The summed E-state index contributed by atoms with van der Waals surface area (Å²) in [6, 6.07) is 7.74. The zero-order chi connectivity index (χ0) is 24.8. The van der Waals surface area contributed by atoms with Crippen LogP contribution in [0.1, 0.15) is 59.7 Å². The number of alkyl halides is 3. The number of hydrogen-bond donors (Lipinski definition) is 0. The minimum atomic E-state index is -4.76. The van der Waals surface area contributed by atoms with E-state index in [0.29, 0.717) is 11.1 Å². The predicted molar refractivity (Wildman–Crippen MR) is 121 cm³/mol. The number of hydrogen-bond acceptors (Lipinski definition) is 3. The Balaban J connectivity index is 0.00000121. The largest absolute Gasteiger partial charge is 0.417 e. The summed E-state index contributed by atoms with van der Waals surface area (Å²) < 4.78 is 41.0. The molecule has 32 heavy (non-hydrogen) atoms. The monoisotopic (exact) mass is 469 g/mol. The van der Waals surface area contributed by atoms with Gasteiger partial charge in [0.05, 0.1) is 27.4 Å². The second-order valence-corrected chi connectivity index (χ2v) is 6.80. The molecule has 0 atom stereocenters. The fraction of sp³-hybridized carbons (Fsp3) is 0.348. The zero-order valence-electron chi connectivity index (χ0n) is 19.1. The number of rotatable bonds is 2. The van der Waals surface area contributed by atoms with Crippen molar-refractivity contribution in [2.75, 3.05) is 14.1 Å². The van der Waals surface area contributed by atoms with Gasteiger partial charge >= 0.3 is 6.18 Å². The Labute approximate surface area is 190 Å². The maximum atomic E-state index is 13.4. The van der Waals surface area contributed by atoms with Crippen LogP contribution in [-0.4, -0.2) is 40.6 Å². The molecule has 0 N–H and O–H groups in total. The maximum absolute atomic E-state index is 13.4. The van der Waals surface area contributed by atoms with Gasteiger partial charge in [-0.05, 0) is 31.2 Å². The van der Waals surface area contributed by atoms with E-state index in [0.717, 1.165) is 16.8 Å². The number of aryl methyl sites for hydroxylation is 1. The van der Waals surface area contributed by atoms with Crippen LogP contribution in [0, 0.1) is 6.92 Å². The van der Waals surface area contributed by atoms with Crippen LogP contribution >= 0.6 is 11.6 Å². The molecule has 0 radical (unpaired) electrons. The first kappa shape index (κ1) is 27.2. The number of carbonyl (C=O) groups is 2. The van der Waals surface area contributed by atoms with Gasteiger partial charge in [0.1, 0.15) is 0 Å². The molecule has 0 aliphatic rings. The predicted octanol–water partition coefficient (Wildman–Crippen LogP) is 6.46. The van der Waals surface area contributed by atoms with E-state index in [1.807, 2.05) is 27.7 Å². The van der Waals surface area contributed by atoms with Crippen LogP contribution in [0.15, 0.2) is 36.4 Å². The van der Waals surface area contributed by atoms with Crippen molar-refractivity contribution in [2.24, 2.45) is 0 Å². The molecule has 0 aliphatic heterocycles. The second kappa shape index (κ2) is 11.1. The number of nitrogens with zero attached hydrogens (tertiary/aromatic N) is 3. The average molecular weight is 470 g/mol. The van der Waals surface area contributed by atoms with Gasteiger partial charge in [0, 0.05) is 25.0 Å². The van der Waals surface area contributed by atoms with Crippen LogP contribution in [0.4, 0.5) is 13.2 Å². The third-order valence-corrected chi connectivity index (χ3v) is 4.56. The first-order valence-electron chi connectivity index (χ1n) is 10.1. The smallest absolute Gasteiger partial charge is 0.345 e. The van der Waals surface area contributed by atoms with E-state index in [2.05, 4.69) is 5.10 Å². The lowest BCUT2D eigenvalue weighted by Crippen LogP contribution is -2.22. The van der Waals surface area contributed by atoms with E-state index in [-0.39, 0.29) is 22.0 Å². The summed E-state index contributed by atoms with van der Waals surface area (Å²) in [5, 5.41) is 4.31. The van der Waals surface area contributed by atoms with Gasteiger partial charge in [-0.15, -0.1) is 0 Å². The number of fused-ring (bicyclic) bond motifs is 1. The van der Waals surface area contributed by atoms with Gasteiger partial charge < -0.3 is 4.90 Å². The van der Waals surface area contributed by atoms with E-state index in [1.54, 1.807) is 33.2 Å². The van der Waals surface area contributed by atoms with Gasteiger partial charge in [-0.25, -0.2) is 0 Å². The summed E-state index contributed by atoms with van der Waals surface area (Å²) in [7, 11) is 3.14. The van der Waals surface area contributed by atoms with Crippen LogP contribution in [0.2, 0.25) is 5.02 Å². The molecule has 1 heterocycles. The molecule has 0 unspecified atom stereocenters. The highest BCUT2D eigenvalue weighted by atomic mass is 35.5. The molecule has 1 aromatic heterocycles. The van der Waals surface area contributed by atoms with E-state index < -0.39 is 23.2 Å². The third kappa shape index (κ3) is 5.48. The van der Waals surface area contributed by atoms with Crippen molar-refractivity contribution >= 4 is 34.3 Å². The average Bonchev–Trinajstić information content (AvgIpc) is 3.10. The van der Waals surface area contributed by atoms with Crippen molar-refractivity contribution in [1.82, 2.24) is 14.7 Å². The summed E-state index contributed by atoms with van der Waals surface area (Å²) in [4.78, 5) is 26.6. The van der Waals surface area contributed by atoms with E-state index in [4.69, 9.17) is 11.6 Å². The summed E-state index contributed by atoms with van der Waals surface area (Å²) in [5.41, 5.74) is -0.894. The van der Waals surface area contributed by atoms with Gasteiger partial charge in [0.15, 0.2) is 0 Å². The van der Waals surface area contributed by atoms with Gasteiger partial charge in [-0.3, -0.25) is 9.59 Å². The highest BCUT2D eigenvalue weighted by Crippen LogP contribution is 2.36. The normalized spacial score (nSPS) is 10.6.